The molecule has 3 nitrogen and oxygen atoms in total. The average Bonchev–Trinajstić information content (AvgIpc) is 2.30. The SMILES string of the molecule is [N-]=C1N=C(N)c2ccccc21. The van der Waals surface area contributed by atoms with Gasteiger partial charge in [-0.1, -0.05) is 30.1 Å². The molecule has 0 aliphatic carbocycles. The first-order valence-electron chi connectivity index (χ1n) is 3.29. The molecule has 1 aliphatic heterocycles. The van der Waals surface area contributed by atoms with Crippen molar-refractivity contribution in [1.82, 2.24) is 0 Å². The molecule has 54 valence electrons. The summed E-state index contributed by atoms with van der Waals surface area (Å²) in [6.07, 6.45) is 0. The van der Waals surface area contributed by atoms with Crippen molar-refractivity contribution in [3.05, 3.63) is 40.8 Å². The Labute approximate surface area is 64.1 Å². The molecular weight excluding hydrogens is 138 g/mol. The van der Waals surface area contributed by atoms with E-state index in [1.807, 2.05) is 18.2 Å². The van der Waals surface area contributed by atoms with E-state index in [-0.39, 0.29) is 5.84 Å². The molecule has 3 heteroatoms. The summed E-state index contributed by atoms with van der Waals surface area (Å²) in [4.78, 5) is 3.72. The molecule has 0 unspecified atom stereocenters. The van der Waals surface area contributed by atoms with Gasteiger partial charge in [0.25, 0.3) is 0 Å². The normalized spacial score (nSPS) is 14.5. The maximum atomic E-state index is 9.20. The van der Waals surface area contributed by atoms with Gasteiger partial charge in [0.1, 0.15) is 0 Å². The van der Waals surface area contributed by atoms with Gasteiger partial charge in [-0.05, 0) is 5.56 Å². The largest absolute Gasteiger partial charge is 0.464 e. The Kier molecular flexibility index (Phi) is 1.06. The zero-order valence-corrected chi connectivity index (χ0v) is 5.78. The molecule has 0 radical (unpaired) electrons. The zero-order chi connectivity index (χ0) is 7.84. The number of nitrogens with zero attached hydrogens (tertiary/aromatic N) is 2. The van der Waals surface area contributed by atoms with Crippen LogP contribution >= 0.6 is 0 Å². The van der Waals surface area contributed by atoms with Gasteiger partial charge >= 0.3 is 0 Å². The number of benzene rings is 1. The van der Waals surface area contributed by atoms with E-state index in [1.165, 1.54) is 0 Å². The molecule has 11 heavy (non-hydrogen) atoms. The Hall–Kier alpha value is -1.64. The third kappa shape index (κ3) is 0.741. The van der Waals surface area contributed by atoms with Crippen LogP contribution in [0.25, 0.3) is 5.41 Å². The fourth-order valence-electron chi connectivity index (χ4n) is 1.14. The molecule has 0 amide bonds. The van der Waals surface area contributed by atoms with Crippen LogP contribution in [0.1, 0.15) is 11.1 Å². The standard InChI is InChI=1S/C8H6N3/c9-7-5-3-1-2-4-6(5)8(10)11-7/h1-4H,(H2-,9,10,11)/q-1. The second kappa shape index (κ2) is 1.92. The number of hydrogen-bond acceptors (Lipinski definition) is 1. The summed E-state index contributed by atoms with van der Waals surface area (Å²) in [6.45, 7) is 0. The lowest BCUT2D eigenvalue weighted by molar-refractivity contribution is 1.60. The van der Waals surface area contributed by atoms with E-state index in [1.54, 1.807) is 6.07 Å². The number of hydrogen-bond donors (Lipinski definition) is 1. The highest BCUT2D eigenvalue weighted by atomic mass is 14.9. The van der Waals surface area contributed by atoms with E-state index in [4.69, 9.17) is 5.73 Å². The molecule has 1 aliphatic rings. The van der Waals surface area contributed by atoms with Crippen molar-refractivity contribution in [2.75, 3.05) is 0 Å². The molecule has 0 saturated heterocycles. The molecule has 1 aromatic rings. The van der Waals surface area contributed by atoms with Crippen LogP contribution < -0.4 is 5.73 Å². The molecule has 2 N–H and O–H groups in total. The summed E-state index contributed by atoms with van der Waals surface area (Å²) in [5.41, 5.74) is 7.03. The topological polar surface area (TPSA) is 60.7 Å². The Morgan fingerprint density at radius 2 is 1.82 bits per heavy atom. The summed E-state index contributed by atoms with van der Waals surface area (Å²) in [7, 11) is 0. The third-order valence-electron chi connectivity index (χ3n) is 1.67. The van der Waals surface area contributed by atoms with Crippen molar-refractivity contribution < 1.29 is 0 Å². The monoisotopic (exact) mass is 144 g/mol. The Bertz CT molecular complexity index is 352. The molecule has 1 heterocycles. The predicted octanol–water partition coefficient (Wildman–Crippen LogP) is 0.722. The number of fused-ring (bicyclic) bond motifs is 1. The maximum absolute atomic E-state index is 9.20. The van der Waals surface area contributed by atoms with Crippen molar-refractivity contribution in [3.63, 3.8) is 0 Å². The van der Waals surface area contributed by atoms with Crippen molar-refractivity contribution in [1.29, 1.82) is 0 Å². The van der Waals surface area contributed by atoms with E-state index in [0.717, 1.165) is 5.56 Å². The smallest absolute Gasteiger partial charge is 0.0262 e. The first-order valence-corrected chi connectivity index (χ1v) is 3.29. The van der Waals surface area contributed by atoms with Crippen LogP contribution in [0.2, 0.25) is 0 Å². The maximum Gasteiger partial charge on any atom is 0.0262 e. The van der Waals surface area contributed by atoms with Crippen LogP contribution in [-0.4, -0.2) is 11.7 Å². The van der Waals surface area contributed by atoms with Crippen LogP contribution in [-0.2, 0) is 0 Å². The minimum atomic E-state index is 0.0121. The number of nitrogens with two attached hydrogens (primary N) is 1. The molecule has 0 aromatic heterocycles. The summed E-state index contributed by atoms with van der Waals surface area (Å²) in [5, 5.41) is 9.20. The molecule has 1 aromatic carbocycles. The minimum Gasteiger partial charge on any atom is -0.464 e. The fraction of sp³-hybridized carbons (Fsp3) is 0. The fourth-order valence-corrected chi connectivity index (χ4v) is 1.14. The van der Waals surface area contributed by atoms with Crippen molar-refractivity contribution in [2.24, 2.45) is 10.7 Å². The van der Waals surface area contributed by atoms with Crippen molar-refractivity contribution in [2.45, 2.75) is 0 Å². The van der Waals surface area contributed by atoms with Gasteiger partial charge in [0.15, 0.2) is 0 Å². The third-order valence-corrected chi connectivity index (χ3v) is 1.67. The van der Waals surface area contributed by atoms with E-state index in [9.17, 15) is 5.41 Å². The lowest BCUT2D eigenvalue weighted by atomic mass is 10.1. The zero-order valence-electron chi connectivity index (χ0n) is 5.78. The molecular formula is C8H6N3-. The van der Waals surface area contributed by atoms with Crippen LogP contribution in [0, 0.1) is 0 Å². The van der Waals surface area contributed by atoms with Gasteiger partial charge in [0.2, 0.25) is 0 Å². The van der Waals surface area contributed by atoms with Gasteiger partial charge < -0.3 is 16.1 Å². The van der Waals surface area contributed by atoms with E-state index < -0.39 is 0 Å². The van der Waals surface area contributed by atoms with Crippen LogP contribution in [0.5, 0.6) is 0 Å². The summed E-state index contributed by atoms with van der Waals surface area (Å²) >= 11 is 0. The first-order chi connectivity index (χ1) is 5.29. The highest BCUT2D eigenvalue weighted by molar-refractivity contribution is 6.22. The highest BCUT2D eigenvalue weighted by Crippen LogP contribution is 2.15. The second-order valence-electron chi connectivity index (χ2n) is 2.37. The Morgan fingerprint density at radius 1 is 1.18 bits per heavy atom. The summed E-state index contributed by atoms with van der Waals surface area (Å²) in [5.74, 6) is 0.399. The van der Waals surface area contributed by atoms with Crippen molar-refractivity contribution >= 4 is 11.7 Å². The average molecular weight is 144 g/mol. The Morgan fingerprint density at radius 3 is 2.45 bits per heavy atom. The molecule has 2 rings (SSSR count). The van der Waals surface area contributed by atoms with Crippen LogP contribution in [0.4, 0.5) is 0 Å². The molecule has 0 bridgehead atoms. The lowest BCUT2D eigenvalue weighted by Crippen LogP contribution is -2.09. The van der Waals surface area contributed by atoms with Crippen LogP contribution in [0.15, 0.2) is 29.3 Å². The molecule has 0 saturated carbocycles. The van der Waals surface area contributed by atoms with Gasteiger partial charge in [-0.15, -0.1) is 0 Å². The van der Waals surface area contributed by atoms with Gasteiger partial charge in [-0.2, -0.15) is 0 Å². The summed E-state index contributed by atoms with van der Waals surface area (Å²) < 4.78 is 0. The predicted molar refractivity (Wildman–Crippen MR) is 44.6 cm³/mol. The van der Waals surface area contributed by atoms with Crippen molar-refractivity contribution in [3.8, 4) is 0 Å². The molecule has 0 spiro atoms. The van der Waals surface area contributed by atoms with Gasteiger partial charge in [0, 0.05) is 11.4 Å². The highest BCUT2D eigenvalue weighted by Gasteiger charge is 2.07. The quantitative estimate of drug-likeness (QED) is 0.573. The van der Waals surface area contributed by atoms with Gasteiger partial charge in [-0.3, -0.25) is 0 Å². The summed E-state index contributed by atoms with van der Waals surface area (Å²) in [6, 6.07) is 7.31. The molecule has 0 fully saturated rings. The van der Waals surface area contributed by atoms with Gasteiger partial charge in [0.05, 0.1) is 0 Å². The van der Waals surface area contributed by atoms with E-state index in [2.05, 4.69) is 4.99 Å². The lowest BCUT2D eigenvalue weighted by Gasteiger charge is -2.00. The van der Waals surface area contributed by atoms with E-state index >= 15 is 0 Å². The Balaban J connectivity index is 2.71. The van der Waals surface area contributed by atoms with Crippen LogP contribution in [0.3, 0.4) is 0 Å². The first kappa shape index (κ1) is 6.09. The number of rotatable bonds is 0. The van der Waals surface area contributed by atoms with E-state index in [0.29, 0.717) is 11.4 Å². The number of amidine groups is 2. The number of aliphatic imine (C=N–C) groups is 1. The molecule has 0 atom stereocenters. The minimum absolute atomic E-state index is 0.0121. The second-order valence-corrected chi connectivity index (χ2v) is 2.37. The van der Waals surface area contributed by atoms with Gasteiger partial charge in [-0.25, -0.2) is 0 Å².